The van der Waals surface area contributed by atoms with Crippen LogP contribution in [0.3, 0.4) is 0 Å². The lowest BCUT2D eigenvalue weighted by atomic mass is 10.4. The summed E-state index contributed by atoms with van der Waals surface area (Å²) < 4.78 is 30.1. The van der Waals surface area contributed by atoms with Gasteiger partial charge < -0.3 is 9.72 Å². The van der Waals surface area contributed by atoms with Gasteiger partial charge in [0, 0.05) is 20.0 Å². The van der Waals surface area contributed by atoms with Gasteiger partial charge in [-0.05, 0) is 6.92 Å². The summed E-state index contributed by atoms with van der Waals surface area (Å²) in [4.78, 5) is 17.9. The highest BCUT2D eigenvalue weighted by atomic mass is 32.2. The van der Waals surface area contributed by atoms with E-state index in [2.05, 4.69) is 9.97 Å². The molecule has 0 aliphatic heterocycles. The van der Waals surface area contributed by atoms with Crippen molar-refractivity contribution in [3.8, 4) is 0 Å². The molecule has 0 fully saturated rings. The Morgan fingerprint density at radius 2 is 2.16 bits per heavy atom. The van der Waals surface area contributed by atoms with E-state index < -0.39 is 16.0 Å². The second-order valence-corrected chi connectivity index (χ2v) is 5.94. The second-order valence-electron chi connectivity index (χ2n) is 3.93. The first-order chi connectivity index (χ1) is 8.91. The van der Waals surface area contributed by atoms with Gasteiger partial charge in [-0.15, -0.1) is 0 Å². The van der Waals surface area contributed by atoms with Gasteiger partial charge in [-0.2, -0.15) is 4.31 Å². The average Bonchev–Trinajstić information content (AvgIpc) is 2.85. The van der Waals surface area contributed by atoms with Crippen molar-refractivity contribution in [2.45, 2.75) is 31.7 Å². The summed E-state index contributed by atoms with van der Waals surface area (Å²) >= 11 is 0. The van der Waals surface area contributed by atoms with Crippen molar-refractivity contribution in [2.75, 3.05) is 20.2 Å². The number of ether oxygens (including phenoxy) is 1. The van der Waals surface area contributed by atoms with E-state index >= 15 is 0 Å². The Balaban J connectivity index is 2.69. The Bertz CT molecular complexity index is 524. The summed E-state index contributed by atoms with van der Waals surface area (Å²) in [6.07, 6.45) is 1.94. The zero-order valence-electron chi connectivity index (χ0n) is 11.3. The van der Waals surface area contributed by atoms with Crippen molar-refractivity contribution in [3.05, 3.63) is 12.0 Å². The van der Waals surface area contributed by atoms with Gasteiger partial charge in [0.1, 0.15) is 5.82 Å². The lowest BCUT2D eigenvalue weighted by Gasteiger charge is -2.15. The Morgan fingerprint density at radius 1 is 1.47 bits per heavy atom. The van der Waals surface area contributed by atoms with E-state index in [0.717, 1.165) is 4.31 Å². The molecule has 0 bridgehead atoms. The van der Waals surface area contributed by atoms with Crippen LogP contribution in [0.15, 0.2) is 11.2 Å². The number of sulfonamides is 1. The van der Waals surface area contributed by atoms with Gasteiger partial charge in [0.2, 0.25) is 0 Å². The summed E-state index contributed by atoms with van der Waals surface area (Å²) in [6.45, 7) is 3.94. The molecule has 0 aromatic carbocycles. The molecule has 1 rings (SSSR count). The van der Waals surface area contributed by atoms with Crippen molar-refractivity contribution in [1.29, 1.82) is 0 Å². The number of nitrogens with one attached hydrogen (secondary N) is 1. The molecule has 1 heterocycles. The predicted octanol–water partition coefficient (Wildman–Crippen LogP) is 0.546. The Hall–Kier alpha value is -1.41. The summed E-state index contributed by atoms with van der Waals surface area (Å²) in [6, 6.07) is 0. The number of hydrogen-bond acceptors (Lipinski definition) is 5. The average molecular weight is 289 g/mol. The van der Waals surface area contributed by atoms with Gasteiger partial charge in [-0.1, -0.05) is 6.92 Å². The first-order valence-corrected chi connectivity index (χ1v) is 7.51. The van der Waals surface area contributed by atoms with Crippen LogP contribution < -0.4 is 0 Å². The van der Waals surface area contributed by atoms with Gasteiger partial charge in [0.25, 0.3) is 10.0 Å². The second kappa shape index (κ2) is 6.67. The van der Waals surface area contributed by atoms with Crippen molar-refractivity contribution in [1.82, 2.24) is 14.3 Å². The quantitative estimate of drug-likeness (QED) is 0.740. The number of esters is 1. The van der Waals surface area contributed by atoms with Crippen LogP contribution >= 0.6 is 0 Å². The van der Waals surface area contributed by atoms with Crippen LogP contribution in [-0.4, -0.2) is 48.9 Å². The van der Waals surface area contributed by atoms with Crippen LogP contribution in [0.4, 0.5) is 0 Å². The smallest absolute Gasteiger partial charge is 0.307 e. The maximum Gasteiger partial charge on any atom is 0.307 e. The first-order valence-electron chi connectivity index (χ1n) is 6.07. The summed E-state index contributed by atoms with van der Waals surface area (Å²) in [5.74, 6) is 0.195. The van der Waals surface area contributed by atoms with Crippen molar-refractivity contribution in [3.63, 3.8) is 0 Å². The standard InChI is InChI=1S/C11H19N3O4S/c1-4-9-12-8-10(13-9)19(16,17)14(3)7-6-11(15)18-5-2/h8H,4-7H2,1-3H3,(H,12,13). The van der Waals surface area contributed by atoms with Crippen molar-refractivity contribution < 1.29 is 17.9 Å². The van der Waals surface area contributed by atoms with Gasteiger partial charge in [-0.25, -0.2) is 13.4 Å². The van der Waals surface area contributed by atoms with Crippen LogP contribution in [0.5, 0.6) is 0 Å². The lowest BCUT2D eigenvalue weighted by molar-refractivity contribution is -0.143. The van der Waals surface area contributed by atoms with Crippen LogP contribution in [-0.2, 0) is 26.0 Å². The van der Waals surface area contributed by atoms with E-state index in [-0.39, 0.29) is 24.6 Å². The highest BCUT2D eigenvalue weighted by molar-refractivity contribution is 7.89. The zero-order valence-corrected chi connectivity index (χ0v) is 12.2. The number of H-pyrrole nitrogens is 1. The molecule has 1 aromatic heterocycles. The number of aryl methyl sites for hydroxylation is 1. The number of aromatic nitrogens is 2. The molecule has 108 valence electrons. The maximum atomic E-state index is 12.1. The SMILES string of the molecule is CCOC(=O)CCN(C)S(=O)(=O)c1cnc(CC)[nH]1. The summed E-state index contributed by atoms with van der Waals surface area (Å²) in [7, 11) is -2.21. The molecule has 0 saturated carbocycles. The van der Waals surface area contributed by atoms with E-state index in [1.54, 1.807) is 6.92 Å². The monoisotopic (exact) mass is 289 g/mol. The van der Waals surface area contributed by atoms with E-state index in [1.807, 2.05) is 6.92 Å². The molecule has 0 amide bonds. The molecule has 0 aliphatic rings. The fraction of sp³-hybridized carbons (Fsp3) is 0.636. The third kappa shape index (κ3) is 4.03. The minimum atomic E-state index is -3.63. The molecule has 0 aliphatic carbocycles. The highest BCUT2D eigenvalue weighted by Gasteiger charge is 2.23. The molecule has 0 atom stereocenters. The van der Waals surface area contributed by atoms with E-state index in [4.69, 9.17) is 4.74 Å². The van der Waals surface area contributed by atoms with Crippen molar-refractivity contribution in [2.24, 2.45) is 0 Å². The number of carbonyl (C=O) groups is 1. The lowest BCUT2D eigenvalue weighted by Crippen LogP contribution is -2.29. The topological polar surface area (TPSA) is 92.4 Å². The maximum absolute atomic E-state index is 12.1. The number of nitrogens with zero attached hydrogens (tertiary/aromatic N) is 2. The van der Waals surface area contributed by atoms with Crippen molar-refractivity contribution >= 4 is 16.0 Å². The third-order valence-corrected chi connectivity index (χ3v) is 4.33. The van der Waals surface area contributed by atoms with Crippen LogP contribution in [0.2, 0.25) is 0 Å². The van der Waals surface area contributed by atoms with Crippen LogP contribution in [0.1, 0.15) is 26.1 Å². The molecule has 0 radical (unpaired) electrons. The molecule has 1 aromatic rings. The van der Waals surface area contributed by atoms with Gasteiger partial charge in [-0.3, -0.25) is 4.79 Å². The van der Waals surface area contributed by atoms with E-state index in [9.17, 15) is 13.2 Å². The van der Waals surface area contributed by atoms with E-state index in [0.29, 0.717) is 12.2 Å². The minimum absolute atomic E-state index is 0.0261. The first kappa shape index (κ1) is 15.6. The van der Waals surface area contributed by atoms with E-state index in [1.165, 1.54) is 13.2 Å². The van der Waals surface area contributed by atoms with Crippen LogP contribution in [0.25, 0.3) is 0 Å². The van der Waals surface area contributed by atoms with Crippen LogP contribution in [0, 0.1) is 0 Å². The number of carbonyl (C=O) groups excluding carboxylic acids is 1. The Labute approximate surface area is 113 Å². The Kier molecular flexibility index (Phi) is 5.49. The van der Waals surface area contributed by atoms with Gasteiger partial charge in [0.05, 0.1) is 19.2 Å². The number of rotatable bonds is 7. The minimum Gasteiger partial charge on any atom is -0.466 e. The highest BCUT2D eigenvalue weighted by Crippen LogP contribution is 2.12. The Morgan fingerprint density at radius 3 is 2.68 bits per heavy atom. The third-order valence-electron chi connectivity index (χ3n) is 2.56. The summed E-state index contributed by atoms with van der Waals surface area (Å²) in [5.41, 5.74) is 0. The number of hydrogen-bond donors (Lipinski definition) is 1. The normalized spacial score (nSPS) is 11.8. The molecule has 7 nitrogen and oxygen atoms in total. The molecular formula is C11H19N3O4S. The zero-order chi connectivity index (χ0) is 14.5. The molecule has 1 N–H and O–H groups in total. The fourth-order valence-electron chi connectivity index (χ4n) is 1.42. The van der Waals surface area contributed by atoms with Gasteiger partial charge in [0.15, 0.2) is 5.03 Å². The molecular weight excluding hydrogens is 270 g/mol. The largest absolute Gasteiger partial charge is 0.466 e. The predicted molar refractivity (Wildman–Crippen MR) is 69.0 cm³/mol. The van der Waals surface area contributed by atoms with Gasteiger partial charge >= 0.3 is 5.97 Å². The molecule has 0 spiro atoms. The number of imidazole rings is 1. The molecule has 19 heavy (non-hydrogen) atoms. The molecule has 0 unspecified atom stereocenters. The fourth-order valence-corrected chi connectivity index (χ4v) is 2.52. The summed E-state index contributed by atoms with van der Waals surface area (Å²) in [5, 5.41) is 0.0377. The number of aromatic amines is 1. The molecule has 8 heteroatoms. The molecule has 0 saturated heterocycles.